The molecule has 0 aliphatic carbocycles. The Hall–Kier alpha value is -4.13. The monoisotopic (exact) mass is 482 g/mol. The van der Waals surface area contributed by atoms with E-state index in [0.29, 0.717) is 48.4 Å². The van der Waals surface area contributed by atoms with E-state index in [1.165, 1.54) is 6.20 Å². The summed E-state index contributed by atoms with van der Waals surface area (Å²) in [6.45, 7) is 5.04. The lowest BCUT2D eigenvalue weighted by atomic mass is 10.1. The Morgan fingerprint density at radius 1 is 1.20 bits per heavy atom. The number of nitrogen functional groups attached to an aromatic ring is 1. The predicted molar refractivity (Wildman–Crippen MR) is 128 cm³/mol. The molecule has 0 aromatic carbocycles. The molecule has 3 aromatic heterocycles. The summed E-state index contributed by atoms with van der Waals surface area (Å²) in [4.78, 5) is 48.7. The summed E-state index contributed by atoms with van der Waals surface area (Å²) in [5.74, 6) is 0.284. The number of halogens is 1. The number of hydrogen-bond donors (Lipinski definition) is 3. The van der Waals surface area contributed by atoms with Crippen LogP contribution in [0.4, 0.5) is 26.6 Å². The number of carbonyl (C=O) groups is 1. The molecule has 4 N–H and O–H groups in total. The van der Waals surface area contributed by atoms with Crippen LogP contribution in [0.15, 0.2) is 29.3 Å². The van der Waals surface area contributed by atoms with Crippen molar-refractivity contribution in [3.8, 4) is 11.4 Å². The molecule has 4 rings (SSSR count). The minimum absolute atomic E-state index is 0.00511. The second-order valence-corrected chi connectivity index (χ2v) is 8.43. The Morgan fingerprint density at radius 3 is 2.60 bits per heavy atom. The van der Waals surface area contributed by atoms with Crippen molar-refractivity contribution >= 4 is 23.5 Å². The van der Waals surface area contributed by atoms with Gasteiger partial charge in [0.2, 0.25) is 5.95 Å². The zero-order valence-corrected chi connectivity index (χ0v) is 19.7. The van der Waals surface area contributed by atoms with Crippen molar-refractivity contribution in [1.29, 1.82) is 0 Å². The Morgan fingerprint density at radius 2 is 1.94 bits per heavy atom. The summed E-state index contributed by atoms with van der Waals surface area (Å²) in [6, 6.07) is 2.98. The molecule has 1 aliphatic heterocycles. The van der Waals surface area contributed by atoms with Gasteiger partial charge in [-0.25, -0.2) is 19.2 Å². The summed E-state index contributed by atoms with van der Waals surface area (Å²) in [5.41, 5.74) is 6.80. The van der Waals surface area contributed by atoms with Gasteiger partial charge in [0.1, 0.15) is 11.6 Å². The minimum atomic E-state index is -0.916. The van der Waals surface area contributed by atoms with E-state index < -0.39 is 11.4 Å². The highest BCUT2D eigenvalue weighted by atomic mass is 19.1. The lowest BCUT2D eigenvalue weighted by molar-refractivity contribution is 0.120. The highest BCUT2D eigenvalue weighted by Crippen LogP contribution is 2.28. The van der Waals surface area contributed by atoms with Crippen molar-refractivity contribution in [2.45, 2.75) is 13.5 Å². The first kappa shape index (κ1) is 24.0. The van der Waals surface area contributed by atoms with Crippen molar-refractivity contribution in [1.82, 2.24) is 39.6 Å². The Kier molecular flexibility index (Phi) is 6.87. The van der Waals surface area contributed by atoms with Crippen LogP contribution in [0.2, 0.25) is 0 Å². The summed E-state index contributed by atoms with van der Waals surface area (Å²) < 4.78 is 13.8. The maximum atomic E-state index is 13.8. The number of carbonyl (C=O) groups excluding carboxylic acids is 1. The summed E-state index contributed by atoms with van der Waals surface area (Å²) in [5, 5.41) is 3.01. The van der Waals surface area contributed by atoms with E-state index in [-0.39, 0.29) is 12.0 Å². The van der Waals surface area contributed by atoms with Gasteiger partial charge in [-0.15, -0.1) is 0 Å². The number of urea groups is 1. The topological polar surface area (TPSA) is 149 Å². The molecule has 0 unspecified atom stereocenters. The number of hydrogen-bond acceptors (Lipinski definition) is 9. The standard InChI is InChI=1S/C22H27FN10O2/c1-13-27-19(30-21(24)28-13)16-8-14(12-32-4-6-33(7-5-32)22(35)31(2)3)10-25-18(16)29-15-9-17(23)20(34)26-11-15/h8-11H,4-7,12H2,1-3H3,(H,25,29)(H,26,34)(H2,24,27,28,30). The molecule has 12 nitrogen and oxygen atoms in total. The van der Waals surface area contributed by atoms with Crippen molar-refractivity contribution in [2.24, 2.45) is 0 Å². The van der Waals surface area contributed by atoms with Crippen LogP contribution in [0.1, 0.15) is 11.4 Å². The van der Waals surface area contributed by atoms with Crippen LogP contribution < -0.4 is 16.6 Å². The molecule has 0 saturated carbocycles. The lowest BCUT2D eigenvalue weighted by Gasteiger charge is -2.36. The molecule has 13 heteroatoms. The maximum absolute atomic E-state index is 13.8. The van der Waals surface area contributed by atoms with E-state index in [0.717, 1.165) is 24.7 Å². The van der Waals surface area contributed by atoms with E-state index in [4.69, 9.17) is 5.73 Å². The molecule has 35 heavy (non-hydrogen) atoms. The van der Waals surface area contributed by atoms with Crippen LogP contribution in [-0.2, 0) is 6.54 Å². The van der Waals surface area contributed by atoms with E-state index in [1.807, 2.05) is 11.0 Å². The average Bonchev–Trinajstić information content (AvgIpc) is 2.81. The molecule has 0 spiro atoms. The van der Waals surface area contributed by atoms with E-state index in [1.54, 1.807) is 32.1 Å². The third kappa shape index (κ3) is 5.69. The molecule has 1 aliphatic rings. The summed E-state index contributed by atoms with van der Waals surface area (Å²) in [6.07, 6.45) is 3.06. The normalized spacial score (nSPS) is 14.1. The number of nitrogens with two attached hydrogens (primary N) is 1. The van der Waals surface area contributed by atoms with Crippen LogP contribution in [-0.4, -0.2) is 85.9 Å². The number of nitrogens with zero attached hydrogens (tertiary/aromatic N) is 7. The number of aromatic nitrogens is 5. The molecule has 0 bridgehead atoms. The predicted octanol–water partition coefficient (Wildman–Crippen LogP) is 1.19. The number of amides is 2. The van der Waals surface area contributed by atoms with Crippen molar-refractivity contribution in [2.75, 3.05) is 51.3 Å². The fraction of sp³-hybridized carbons (Fsp3) is 0.364. The molecule has 0 atom stereocenters. The number of rotatable bonds is 5. The zero-order chi connectivity index (χ0) is 25.1. The van der Waals surface area contributed by atoms with Crippen LogP contribution in [0, 0.1) is 12.7 Å². The van der Waals surface area contributed by atoms with E-state index >= 15 is 0 Å². The number of pyridine rings is 2. The second kappa shape index (κ2) is 10.0. The van der Waals surface area contributed by atoms with Crippen molar-refractivity contribution in [3.05, 3.63) is 52.1 Å². The van der Waals surface area contributed by atoms with Gasteiger partial charge in [0, 0.05) is 65.3 Å². The first-order valence-electron chi connectivity index (χ1n) is 11.0. The molecular formula is C22H27FN10O2. The van der Waals surface area contributed by atoms with Crippen molar-refractivity contribution < 1.29 is 9.18 Å². The number of aryl methyl sites for hydroxylation is 1. The third-order valence-electron chi connectivity index (χ3n) is 5.50. The highest BCUT2D eigenvalue weighted by Gasteiger charge is 2.23. The fourth-order valence-corrected chi connectivity index (χ4v) is 3.79. The van der Waals surface area contributed by atoms with Gasteiger partial charge >= 0.3 is 6.03 Å². The Balaban J connectivity index is 1.60. The van der Waals surface area contributed by atoms with E-state index in [9.17, 15) is 14.0 Å². The third-order valence-corrected chi connectivity index (χ3v) is 5.50. The zero-order valence-electron chi connectivity index (χ0n) is 19.7. The smallest absolute Gasteiger partial charge is 0.319 e. The molecule has 3 aromatic rings. The number of nitrogens with one attached hydrogen (secondary N) is 2. The molecule has 0 radical (unpaired) electrons. The molecule has 2 amide bonds. The molecule has 1 fully saturated rings. The van der Waals surface area contributed by atoms with Gasteiger partial charge < -0.3 is 25.8 Å². The quantitative estimate of drug-likeness (QED) is 0.487. The van der Waals surface area contributed by atoms with E-state index in [2.05, 4.69) is 35.1 Å². The first-order chi connectivity index (χ1) is 16.7. The molecule has 184 valence electrons. The molecule has 1 saturated heterocycles. The fourth-order valence-electron chi connectivity index (χ4n) is 3.79. The average molecular weight is 483 g/mol. The minimum Gasteiger partial charge on any atom is -0.368 e. The van der Waals surface area contributed by atoms with Gasteiger partial charge in [-0.2, -0.15) is 9.97 Å². The van der Waals surface area contributed by atoms with Gasteiger partial charge in [-0.05, 0) is 18.6 Å². The van der Waals surface area contributed by atoms with Crippen LogP contribution in [0.5, 0.6) is 0 Å². The highest BCUT2D eigenvalue weighted by molar-refractivity contribution is 5.75. The largest absolute Gasteiger partial charge is 0.368 e. The maximum Gasteiger partial charge on any atom is 0.319 e. The van der Waals surface area contributed by atoms with Gasteiger partial charge in [-0.3, -0.25) is 9.69 Å². The van der Waals surface area contributed by atoms with Crippen molar-refractivity contribution in [3.63, 3.8) is 0 Å². The Bertz CT molecular complexity index is 1270. The second-order valence-electron chi connectivity index (χ2n) is 8.43. The van der Waals surface area contributed by atoms with Gasteiger partial charge in [0.25, 0.3) is 5.56 Å². The number of piperazine rings is 1. The molecule has 4 heterocycles. The van der Waals surface area contributed by atoms with Gasteiger partial charge in [-0.1, -0.05) is 0 Å². The summed E-state index contributed by atoms with van der Waals surface area (Å²) >= 11 is 0. The molecular weight excluding hydrogens is 455 g/mol. The Labute approximate surface area is 201 Å². The summed E-state index contributed by atoms with van der Waals surface area (Å²) in [7, 11) is 3.49. The van der Waals surface area contributed by atoms with Gasteiger partial charge in [0.15, 0.2) is 11.6 Å². The number of aromatic amines is 1. The lowest BCUT2D eigenvalue weighted by Crippen LogP contribution is -2.51. The van der Waals surface area contributed by atoms with Crippen LogP contribution >= 0.6 is 0 Å². The van der Waals surface area contributed by atoms with Gasteiger partial charge in [0.05, 0.1) is 11.3 Å². The number of anilines is 3. The van der Waals surface area contributed by atoms with Crippen LogP contribution in [0.25, 0.3) is 11.4 Å². The number of H-pyrrole nitrogens is 1. The SMILES string of the molecule is Cc1nc(N)nc(-c2cc(CN3CCN(C(=O)N(C)C)CC3)cnc2Nc2c[nH]c(=O)c(F)c2)n1. The first-order valence-corrected chi connectivity index (χ1v) is 11.0. The van der Waals surface area contributed by atoms with Crippen LogP contribution in [0.3, 0.4) is 0 Å².